The highest BCUT2D eigenvalue weighted by Gasteiger charge is 2.19. The van der Waals surface area contributed by atoms with Gasteiger partial charge in [0.25, 0.3) is 0 Å². The summed E-state index contributed by atoms with van der Waals surface area (Å²) in [6.07, 6.45) is 6.77. The lowest BCUT2D eigenvalue weighted by molar-refractivity contribution is 0.605. The molecule has 0 aliphatic heterocycles. The molecule has 1 aromatic carbocycles. The topological polar surface area (TPSA) is 25.2 Å². The first-order valence-corrected chi connectivity index (χ1v) is 6.59. The molecule has 0 amide bonds. The van der Waals surface area contributed by atoms with E-state index in [0.717, 1.165) is 31.0 Å². The Hall–Kier alpha value is -1.28. The lowest BCUT2D eigenvalue weighted by atomic mass is 10.1. The van der Waals surface area contributed by atoms with Crippen molar-refractivity contribution in [1.29, 1.82) is 0 Å². The lowest BCUT2D eigenvalue weighted by Crippen LogP contribution is -2.19. The maximum Gasteiger partial charge on any atom is 0.134 e. The summed E-state index contributed by atoms with van der Waals surface area (Å²) in [5.41, 5.74) is 3.74. The van der Waals surface area contributed by atoms with Crippen molar-refractivity contribution in [2.45, 2.75) is 38.6 Å². The molecule has 90 valence electrons. The van der Waals surface area contributed by atoms with Crippen molar-refractivity contribution in [3.63, 3.8) is 0 Å². The quantitative estimate of drug-likeness (QED) is 0.851. The lowest BCUT2D eigenvalue weighted by Gasteiger charge is -2.01. The van der Waals surface area contributed by atoms with Crippen molar-refractivity contribution >= 4 is 11.0 Å². The second-order valence-electron chi connectivity index (χ2n) is 4.92. The summed E-state index contributed by atoms with van der Waals surface area (Å²) >= 11 is 0. The van der Waals surface area contributed by atoms with Gasteiger partial charge in [0.1, 0.15) is 5.58 Å². The van der Waals surface area contributed by atoms with Gasteiger partial charge in [0.2, 0.25) is 0 Å². The molecule has 1 N–H and O–H groups in total. The summed E-state index contributed by atoms with van der Waals surface area (Å²) in [6.45, 7) is 3.26. The number of benzene rings is 1. The van der Waals surface area contributed by atoms with Gasteiger partial charge >= 0.3 is 0 Å². The normalized spacial score (nSPS) is 15.6. The van der Waals surface area contributed by atoms with Crippen LogP contribution in [0.25, 0.3) is 11.0 Å². The first-order valence-electron chi connectivity index (χ1n) is 6.59. The molecular formula is C15H19NO. The van der Waals surface area contributed by atoms with Gasteiger partial charge in [-0.05, 0) is 55.5 Å². The van der Waals surface area contributed by atoms with Gasteiger partial charge < -0.3 is 9.73 Å². The maximum absolute atomic E-state index is 5.59. The molecule has 0 bridgehead atoms. The van der Waals surface area contributed by atoms with Gasteiger partial charge in [0, 0.05) is 11.4 Å². The van der Waals surface area contributed by atoms with Gasteiger partial charge in [-0.15, -0.1) is 0 Å². The van der Waals surface area contributed by atoms with E-state index in [-0.39, 0.29) is 0 Å². The number of furan rings is 1. The molecule has 1 heterocycles. The Morgan fingerprint density at radius 2 is 2.24 bits per heavy atom. The van der Waals surface area contributed by atoms with Crippen molar-refractivity contribution in [3.8, 4) is 0 Å². The summed E-state index contributed by atoms with van der Waals surface area (Å²) in [5, 5.41) is 4.84. The van der Waals surface area contributed by atoms with Crippen LogP contribution in [-0.2, 0) is 12.8 Å². The zero-order valence-corrected chi connectivity index (χ0v) is 10.3. The fraction of sp³-hybridized carbons (Fsp3) is 0.467. The minimum atomic E-state index is 0.791. The third-order valence-corrected chi connectivity index (χ3v) is 3.53. The van der Waals surface area contributed by atoms with Crippen LogP contribution in [0.1, 0.15) is 30.9 Å². The summed E-state index contributed by atoms with van der Waals surface area (Å²) in [4.78, 5) is 0. The minimum absolute atomic E-state index is 0.791. The first kappa shape index (κ1) is 10.8. The van der Waals surface area contributed by atoms with Crippen molar-refractivity contribution in [3.05, 3.63) is 35.6 Å². The van der Waals surface area contributed by atoms with Crippen LogP contribution in [0.2, 0.25) is 0 Å². The van der Waals surface area contributed by atoms with Crippen LogP contribution in [-0.4, -0.2) is 12.6 Å². The van der Waals surface area contributed by atoms with Gasteiger partial charge in [-0.25, -0.2) is 0 Å². The fourth-order valence-electron chi connectivity index (χ4n) is 2.24. The van der Waals surface area contributed by atoms with Crippen LogP contribution in [0, 0.1) is 0 Å². The monoisotopic (exact) mass is 229 g/mol. The SMILES string of the molecule is CCc1ccc2occ(CCNC3CC3)c2c1. The van der Waals surface area contributed by atoms with E-state index in [1.807, 2.05) is 6.26 Å². The van der Waals surface area contributed by atoms with Gasteiger partial charge in [-0.1, -0.05) is 13.0 Å². The predicted octanol–water partition coefficient (Wildman–Crippen LogP) is 3.29. The van der Waals surface area contributed by atoms with Crippen LogP contribution in [0.5, 0.6) is 0 Å². The maximum atomic E-state index is 5.59. The van der Waals surface area contributed by atoms with E-state index in [1.165, 1.54) is 29.4 Å². The highest BCUT2D eigenvalue weighted by Crippen LogP contribution is 2.24. The summed E-state index contributed by atoms with van der Waals surface area (Å²) < 4.78 is 5.59. The minimum Gasteiger partial charge on any atom is -0.464 e. The van der Waals surface area contributed by atoms with E-state index in [2.05, 4.69) is 30.4 Å². The Bertz CT molecular complexity index is 511. The first-order chi connectivity index (χ1) is 8.36. The van der Waals surface area contributed by atoms with Crippen LogP contribution >= 0.6 is 0 Å². The van der Waals surface area contributed by atoms with E-state index in [0.29, 0.717) is 0 Å². The molecule has 1 fully saturated rings. The largest absolute Gasteiger partial charge is 0.464 e. The molecule has 1 aliphatic rings. The van der Waals surface area contributed by atoms with Crippen LogP contribution in [0.3, 0.4) is 0 Å². The zero-order valence-electron chi connectivity index (χ0n) is 10.3. The van der Waals surface area contributed by atoms with Crippen LogP contribution in [0.4, 0.5) is 0 Å². The van der Waals surface area contributed by atoms with Crippen LogP contribution in [0.15, 0.2) is 28.9 Å². The van der Waals surface area contributed by atoms with Gasteiger partial charge in [0.05, 0.1) is 6.26 Å². The van der Waals surface area contributed by atoms with Crippen LogP contribution < -0.4 is 5.32 Å². The zero-order chi connectivity index (χ0) is 11.7. The highest BCUT2D eigenvalue weighted by molar-refractivity contribution is 5.81. The Morgan fingerprint density at radius 3 is 3.00 bits per heavy atom. The molecule has 3 rings (SSSR count). The van der Waals surface area contributed by atoms with Crippen molar-refractivity contribution in [2.24, 2.45) is 0 Å². The molecule has 2 nitrogen and oxygen atoms in total. The number of rotatable bonds is 5. The van der Waals surface area contributed by atoms with E-state index in [1.54, 1.807) is 0 Å². The molecule has 0 saturated heterocycles. The number of nitrogens with one attached hydrogen (secondary N) is 1. The Balaban J connectivity index is 1.77. The molecular weight excluding hydrogens is 210 g/mol. The van der Waals surface area contributed by atoms with E-state index in [9.17, 15) is 0 Å². The van der Waals surface area contributed by atoms with E-state index in [4.69, 9.17) is 4.42 Å². The average Bonchev–Trinajstić information content (AvgIpc) is 3.10. The number of aryl methyl sites for hydroxylation is 1. The van der Waals surface area contributed by atoms with Crippen molar-refractivity contribution < 1.29 is 4.42 Å². The smallest absolute Gasteiger partial charge is 0.134 e. The Labute approximate surface area is 102 Å². The third-order valence-electron chi connectivity index (χ3n) is 3.53. The Kier molecular flexibility index (Phi) is 2.89. The predicted molar refractivity (Wildman–Crippen MR) is 70.3 cm³/mol. The molecule has 17 heavy (non-hydrogen) atoms. The van der Waals surface area contributed by atoms with Crippen molar-refractivity contribution in [2.75, 3.05) is 6.54 Å². The van der Waals surface area contributed by atoms with E-state index < -0.39 is 0 Å². The average molecular weight is 229 g/mol. The molecule has 0 unspecified atom stereocenters. The molecule has 0 radical (unpaired) electrons. The highest BCUT2D eigenvalue weighted by atomic mass is 16.3. The molecule has 2 aromatic rings. The number of hydrogen-bond donors (Lipinski definition) is 1. The summed E-state index contributed by atoms with van der Waals surface area (Å²) in [7, 11) is 0. The number of fused-ring (bicyclic) bond motifs is 1. The summed E-state index contributed by atoms with van der Waals surface area (Å²) in [6, 6.07) is 7.30. The third kappa shape index (κ3) is 2.37. The summed E-state index contributed by atoms with van der Waals surface area (Å²) in [5.74, 6) is 0. The molecule has 1 saturated carbocycles. The molecule has 2 heteroatoms. The molecule has 1 aromatic heterocycles. The van der Waals surface area contributed by atoms with Gasteiger partial charge in [-0.3, -0.25) is 0 Å². The fourth-order valence-corrected chi connectivity index (χ4v) is 2.24. The second-order valence-corrected chi connectivity index (χ2v) is 4.92. The van der Waals surface area contributed by atoms with Gasteiger partial charge in [0.15, 0.2) is 0 Å². The molecule has 1 aliphatic carbocycles. The molecule has 0 atom stereocenters. The standard InChI is InChI=1S/C15H19NO/c1-2-11-3-6-15-14(9-11)12(10-17-15)7-8-16-13-4-5-13/h3,6,9-10,13,16H,2,4-5,7-8H2,1H3. The Morgan fingerprint density at radius 1 is 1.35 bits per heavy atom. The second kappa shape index (κ2) is 4.53. The van der Waals surface area contributed by atoms with Gasteiger partial charge in [-0.2, -0.15) is 0 Å². The van der Waals surface area contributed by atoms with Crippen molar-refractivity contribution in [1.82, 2.24) is 5.32 Å². The molecule has 0 spiro atoms. The van der Waals surface area contributed by atoms with E-state index >= 15 is 0 Å². The number of hydrogen-bond acceptors (Lipinski definition) is 2.